The number of hydrogen-bond acceptors (Lipinski definition) is 4. The number of nitrogens with zero attached hydrogens (tertiary/aromatic N) is 1. The van der Waals surface area contributed by atoms with Gasteiger partial charge in [-0.2, -0.15) is 0 Å². The normalized spacial score (nSPS) is 15.7. The smallest absolute Gasteiger partial charge is 0.312 e. The second-order valence-electron chi connectivity index (χ2n) is 3.95. The zero-order valence-corrected chi connectivity index (χ0v) is 9.35. The van der Waals surface area contributed by atoms with Gasteiger partial charge < -0.3 is 15.4 Å². The number of hydrogen-bond donors (Lipinski definition) is 1. The Bertz CT molecular complexity index is 369. The molecule has 1 aliphatic rings. The van der Waals surface area contributed by atoms with Crippen LogP contribution in [0.2, 0.25) is 0 Å². The first-order valence-corrected chi connectivity index (χ1v) is 5.48. The number of rotatable bonds is 3. The molecule has 0 bridgehead atoms. The minimum Gasteiger partial charge on any atom is -0.466 e. The summed E-state index contributed by atoms with van der Waals surface area (Å²) in [6, 6.07) is 7.67. The van der Waals surface area contributed by atoms with Crippen molar-refractivity contribution in [1.29, 1.82) is 0 Å². The standard InChI is InChI=1S/C12H16N2O2/c1-2-16-12(15)9-7-14(8-9)11-5-3-10(13)4-6-11/h3-6,9H,2,7-8,13H2,1H3. The van der Waals surface area contributed by atoms with Crippen LogP contribution < -0.4 is 10.6 Å². The Morgan fingerprint density at radius 1 is 1.44 bits per heavy atom. The molecule has 0 spiro atoms. The third-order valence-corrected chi connectivity index (χ3v) is 2.76. The highest BCUT2D eigenvalue weighted by atomic mass is 16.5. The molecule has 1 fully saturated rings. The second kappa shape index (κ2) is 4.43. The maximum absolute atomic E-state index is 11.4. The summed E-state index contributed by atoms with van der Waals surface area (Å²) in [5.41, 5.74) is 7.47. The van der Waals surface area contributed by atoms with Crippen LogP contribution >= 0.6 is 0 Å². The van der Waals surface area contributed by atoms with E-state index in [-0.39, 0.29) is 11.9 Å². The molecule has 4 nitrogen and oxygen atoms in total. The lowest BCUT2D eigenvalue weighted by Gasteiger charge is -2.39. The van der Waals surface area contributed by atoms with Crippen LogP contribution in [-0.2, 0) is 9.53 Å². The monoisotopic (exact) mass is 220 g/mol. The summed E-state index contributed by atoms with van der Waals surface area (Å²) in [6.45, 7) is 3.76. The van der Waals surface area contributed by atoms with Crippen molar-refractivity contribution in [1.82, 2.24) is 0 Å². The van der Waals surface area contributed by atoms with E-state index >= 15 is 0 Å². The third kappa shape index (κ3) is 2.10. The topological polar surface area (TPSA) is 55.6 Å². The lowest BCUT2D eigenvalue weighted by Crippen LogP contribution is -2.51. The summed E-state index contributed by atoms with van der Waals surface area (Å²) < 4.78 is 4.96. The van der Waals surface area contributed by atoms with Gasteiger partial charge in [0.2, 0.25) is 0 Å². The average molecular weight is 220 g/mol. The Hall–Kier alpha value is -1.71. The van der Waals surface area contributed by atoms with Crippen LogP contribution in [0.3, 0.4) is 0 Å². The van der Waals surface area contributed by atoms with E-state index in [2.05, 4.69) is 4.90 Å². The zero-order valence-electron chi connectivity index (χ0n) is 9.35. The predicted molar refractivity (Wildman–Crippen MR) is 63.2 cm³/mol. The molecule has 0 aliphatic carbocycles. The van der Waals surface area contributed by atoms with Gasteiger partial charge in [-0.15, -0.1) is 0 Å². The molecule has 0 atom stereocenters. The van der Waals surface area contributed by atoms with Gasteiger partial charge in [0.25, 0.3) is 0 Å². The van der Waals surface area contributed by atoms with Crippen molar-refractivity contribution >= 4 is 17.3 Å². The van der Waals surface area contributed by atoms with Crippen molar-refractivity contribution in [3.05, 3.63) is 24.3 Å². The Kier molecular flexibility index (Phi) is 2.99. The summed E-state index contributed by atoms with van der Waals surface area (Å²) in [4.78, 5) is 13.5. The number of ether oxygens (including phenoxy) is 1. The van der Waals surface area contributed by atoms with Gasteiger partial charge in [0.15, 0.2) is 0 Å². The van der Waals surface area contributed by atoms with Crippen molar-refractivity contribution in [2.75, 3.05) is 30.3 Å². The molecule has 2 N–H and O–H groups in total. The van der Waals surface area contributed by atoms with Gasteiger partial charge in [-0.3, -0.25) is 4.79 Å². The number of carbonyl (C=O) groups excluding carboxylic acids is 1. The molecule has 0 unspecified atom stereocenters. The number of nitrogen functional groups attached to an aromatic ring is 1. The lowest BCUT2D eigenvalue weighted by atomic mass is 9.99. The van der Waals surface area contributed by atoms with E-state index < -0.39 is 0 Å². The summed E-state index contributed by atoms with van der Waals surface area (Å²) >= 11 is 0. The zero-order chi connectivity index (χ0) is 11.5. The minimum absolute atomic E-state index is 0.0255. The van der Waals surface area contributed by atoms with Crippen LogP contribution in [0.15, 0.2) is 24.3 Å². The van der Waals surface area contributed by atoms with Crippen LogP contribution in [-0.4, -0.2) is 25.7 Å². The van der Waals surface area contributed by atoms with Crippen LogP contribution in [0.1, 0.15) is 6.92 Å². The van der Waals surface area contributed by atoms with Crippen LogP contribution in [0, 0.1) is 5.92 Å². The fourth-order valence-corrected chi connectivity index (χ4v) is 1.78. The number of benzene rings is 1. The molecule has 2 rings (SSSR count). The summed E-state index contributed by atoms with van der Waals surface area (Å²) in [5, 5.41) is 0. The highest BCUT2D eigenvalue weighted by molar-refractivity contribution is 5.76. The van der Waals surface area contributed by atoms with Gasteiger partial charge in [-0.25, -0.2) is 0 Å². The van der Waals surface area contributed by atoms with Gasteiger partial charge in [-0.1, -0.05) is 0 Å². The molecule has 1 aromatic carbocycles. The van der Waals surface area contributed by atoms with Gasteiger partial charge in [0.05, 0.1) is 12.5 Å². The Balaban J connectivity index is 1.88. The molecule has 0 saturated carbocycles. The first kappa shape index (κ1) is 10.8. The Morgan fingerprint density at radius 2 is 2.06 bits per heavy atom. The van der Waals surface area contributed by atoms with Crippen LogP contribution in [0.25, 0.3) is 0 Å². The Morgan fingerprint density at radius 3 is 2.62 bits per heavy atom. The summed E-state index contributed by atoms with van der Waals surface area (Å²) in [6.07, 6.45) is 0. The third-order valence-electron chi connectivity index (χ3n) is 2.76. The second-order valence-corrected chi connectivity index (χ2v) is 3.95. The molecule has 0 radical (unpaired) electrons. The van der Waals surface area contributed by atoms with Crippen LogP contribution in [0.5, 0.6) is 0 Å². The van der Waals surface area contributed by atoms with Crippen molar-refractivity contribution in [3.63, 3.8) is 0 Å². The largest absolute Gasteiger partial charge is 0.466 e. The number of esters is 1. The van der Waals surface area contributed by atoms with E-state index in [0.29, 0.717) is 6.61 Å². The van der Waals surface area contributed by atoms with E-state index in [4.69, 9.17) is 10.5 Å². The molecule has 1 aliphatic heterocycles. The molecular formula is C12H16N2O2. The van der Waals surface area contributed by atoms with Gasteiger partial charge >= 0.3 is 5.97 Å². The maximum Gasteiger partial charge on any atom is 0.312 e. The SMILES string of the molecule is CCOC(=O)C1CN(c2ccc(N)cc2)C1. The van der Waals surface area contributed by atoms with Crippen LogP contribution in [0.4, 0.5) is 11.4 Å². The average Bonchev–Trinajstić information content (AvgIpc) is 2.19. The number of carbonyl (C=O) groups is 1. The predicted octanol–water partition coefficient (Wildman–Crippen LogP) is 1.27. The molecule has 0 amide bonds. The molecule has 1 heterocycles. The molecule has 0 aromatic heterocycles. The van der Waals surface area contributed by atoms with E-state index in [9.17, 15) is 4.79 Å². The molecule has 1 saturated heterocycles. The molecule has 4 heteroatoms. The van der Waals surface area contributed by atoms with Gasteiger partial charge in [-0.05, 0) is 31.2 Å². The maximum atomic E-state index is 11.4. The van der Waals surface area contributed by atoms with E-state index in [1.807, 2.05) is 31.2 Å². The number of anilines is 2. The lowest BCUT2D eigenvalue weighted by molar-refractivity contribution is -0.148. The fourth-order valence-electron chi connectivity index (χ4n) is 1.78. The first-order valence-electron chi connectivity index (χ1n) is 5.48. The highest BCUT2D eigenvalue weighted by Crippen LogP contribution is 2.25. The summed E-state index contributed by atoms with van der Waals surface area (Å²) in [5.74, 6) is -0.0632. The van der Waals surface area contributed by atoms with Gasteiger partial charge in [0, 0.05) is 24.5 Å². The fraction of sp³-hybridized carbons (Fsp3) is 0.417. The van der Waals surface area contributed by atoms with E-state index in [1.165, 1.54) is 0 Å². The quantitative estimate of drug-likeness (QED) is 0.615. The highest BCUT2D eigenvalue weighted by Gasteiger charge is 2.33. The van der Waals surface area contributed by atoms with Gasteiger partial charge in [0.1, 0.15) is 0 Å². The molecule has 16 heavy (non-hydrogen) atoms. The molecule has 1 aromatic rings. The van der Waals surface area contributed by atoms with E-state index in [0.717, 1.165) is 24.5 Å². The first-order chi connectivity index (χ1) is 7.70. The summed E-state index contributed by atoms with van der Waals surface area (Å²) in [7, 11) is 0. The van der Waals surface area contributed by atoms with Crippen molar-refractivity contribution in [3.8, 4) is 0 Å². The van der Waals surface area contributed by atoms with E-state index in [1.54, 1.807) is 0 Å². The van der Waals surface area contributed by atoms with Crippen molar-refractivity contribution in [2.24, 2.45) is 5.92 Å². The van der Waals surface area contributed by atoms with Crippen molar-refractivity contribution < 1.29 is 9.53 Å². The molecular weight excluding hydrogens is 204 g/mol. The minimum atomic E-state index is -0.0887. The number of nitrogens with two attached hydrogens (primary N) is 1. The van der Waals surface area contributed by atoms with Crippen molar-refractivity contribution in [2.45, 2.75) is 6.92 Å². The molecule has 86 valence electrons. The Labute approximate surface area is 95.0 Å².